The number of hydrogen-bond donors (Lipinski definition) is 1. The van der Waals surface area contributed by atoms with Gasteiger partial charge < -0.3 is 14.6 Å². The van der Waals surface area contributed by atoms with Crippen LogP contribution >= 0.6 is 0 Å². The summed E-state index contributed by atoms with van der Waals surface area (Å²) in [5.41, 5.74) is -4.80. The van der Waals surface area contributed by atoms with Gasteiger partial charge >= 0.3 is 29.6 Å². The van der Waals surface area contributed by atoms with Crippen molar-refractivity contribution in [2.24, 2.45) is 0 Å². The Hall–Kier alpha value is -1.45. The maximum absolute atomic E-state index is 13.4. The van der Waals surface area contributed by atoms with E-state index in [9.17, 15) is 36.6 Å². The van der Waals surface area contributed by atoms with E-state index in [1.165, 1.54) is 13.8 Å². The third-order valence-corrected chi connectivity index (χ3v) is 2.56. The smallest absolute Gasteiger partial charge is 0.457 e. The molecule has 0 aliphatic carbocycles. The van der Waals surface area contributed by atoms with Crippen LogP contribution in [0, 0.1) is 0 Å². The first-order valence-electron chi connectivity index (χ1n) is 5.91. The lowest BCUT2D eigenvalue weighted by atomic mass is 9.94. The summed E-state index contributed by atoms with van der Waals surface area (Å²) >= 11 is 0. The van der Waals surface area contributed by atoms with E-state index in [-0.39, 0.29) is 6.42 Å². The second-order valence-electron chi connectivity index (χ2n) is 4.13. The van der Waals surface area contributed by atoms with Crippen LogP contribution in [-0.2, 0) is 19.1 Å². The Morgan fingerprint density at radius 3 is 1.90 bits per heavy atom. The Labute approximate surface area is 117 Å². The van der Waals surface area contributed by atoms with Crippen LogP contribution in [0.25, 0.3) is 0 Å². The van der Waals surface area contributed by atoms with Crippen LogP contribution in [0.2, 0.25) is 0 Å². The second-order valence-corrected chi connectivity index (χ2v) is 4.13. The molecule has 5 nitrogen and oxygen atoms in total. The zero-order valence-corrected chi connectivity index (χ0v) is 11.5. The highest BCUT2D eigenvalue weighted by molar-refractivity contribution is 6.05. The Kier molecular flexibility index (Phi) is 6.09. The van der Waals surface area contributed by atoms with Crippen LogP contribution in [-0.4, -0.2) is 47.5 Å². The minimum atomic E-state index is -6.36. The fraction of sp³-hybridized carbons (Fsp3) is 0.818. The van der Waals surface area contributed by atoms with Gasteiger partial charge in [-0.3, -0.25) is 0 Å². The van der Waals surface area contributed by atoms with Gasteiger partial charge in [-0.2, -0.15) is 22.0 Å². The molecule has 0 aromatic rings. The molecule has 0 bridgehead atoms. The van der Waals surface area contributed by atoms with Gasteiger partial charge in [0.15, 0.2) is 0 Å². The van der Waals surface area contributed by atoms with Crippen LogP contribution in [0.4, 0.5) is 22.0 Å². The number of halogens is 5. The van der Waals surface area contributed by atoms with E-state index >= 15 is 0 Å². The SMILES string of the molecule is CCOC(=O)C(O)(C(=O)OC(C)CC)C(F)(F)C(F)(F)F. The molecule has 2 unspecified atom stereocenters. The molecule has 0 saturated carbocycles. The number of hydrogen-bond acceptors (Lipinski definition) is 5. The van der Waals surface area contributed by atoms with Crippen LogP contribution in [0.15, 0.2) is 0 Å². The lowest BCUT2D eigenvalue weighted by Gasteiger charge is -2.33. The second kappa shape index (κ2) is 6.54. The number of carbonyl (C=O) groups excluding carboxylic acids is 2. The molecule has 0 aromatic carbocycles. The number of carbonyl (C=O) groups is 2. The first-order chi connectivity index (χ1) is 9.36. The molecule has 0 rings (SSSR count). The van der Waals surface area contributed by atoms with Gasteiger partial charge in [-0.1, -0.05) is 6.92 Å². The Bertz CT molecular complexity index is 395. The number of alkyl halides is 5. The van der Waals surface area contributed by atoms with Crippen LogP contribution in [0.1, 0.15) is 27.2 Å². The molecule has 0 aliphatic rings. The average Bonchev–Trinajstić information content (AvgIpc) is 2.35. The predicted molar refractivity (Wildman–Crippen MR) is 58.4 cm³/mol. The molecule has 0 saturated heterocycles. The summed E-state index contributed by atoms with van der Waals surface area (Å²) in [6.45, 7) is 3.12. The lowest BCUT2D eigenvalue weighted by Crippen LogP contribution is -2.67. The molecule has 0 heterocycles. The van der Waals surface area contributed by atoms with E-state index in [0.29, 0.717) is 0 Å². The molecule has 10 heteroatoms. The molecule has 0 fully saturated rings. The first-order valence-corrected chi connectivity index (χ1v) is 5.91. The average molecular weight is 322 g/mol. The van der Waals surface area contributed by atoms with Crippen LogP contribution in [0.3, 0.4) is 0 Å². The standard InChI is InChI=1S/C11H15F5O5/c1-4-6(3)21-8(18)9(19,7(17)20-5-2)10(12,13)11(14,15)16/h6,19H,4-5H2,1-3H3. The summed E-state index contributed by atoms with van der Waals surface area (Å²) in [4.78, 5) is 22.8. The summed E-state index contributed by atoms with van der Waals surface area (Å²) in [6, 6.07) is 0. The summed E-state index contributed by atoms with van der Waals surface area (Å²) < 4.78 is 72.1. The van der Waals surface area contributed by atoms with Gasteiger partial charge in [0.2, 0.25) is 0 Å². The fourth-order valence-corrected chi connectivity index (χ4v) is 1.13. The molecule has 0 spiro atoms. The van der Waals surface area contributed by atoms with E-state index in [1.54, 1.807) is 0 Å². The lowest BCUT2D eigenvalue weighted by molar-refractivity contribution is -0.333. The minimum Gasteiger partial charge on any atom is -0.463 e. The van der Waals surface area contributed by atoms with Gasteiger partial charge in [0.05, 0.1) is 12.7 Å². The van der Waals surface area contributed by atoms with E-state index in [0.717, 1.165) is 6.92 Å². The van der Waals surface area contributed by atoms with Gasteiger partial charge in [-0.05, 0) is 20.3 Å². The molecule has 2 atom stereocenters. The normalized spacial score (nSPS) is 16.8. The van der Waals surface area contributed by atoms with Crippen molar-refractivity contribution in [2.45, 2.75) is 51.0 Å². The highest BCUT2D eigenvalue weighted by atomic mass is 19.4. The number of aliphatic hydroxyl groups is 1. The third-order valence-electron chi connectivity index (χ3n) is 2.56. The van der Waals surface area contributed by atoms with Gasteiger partial charge in [-0.15, -0.1) is 0 Å². The Balaban J connectivity index is 5.80. The predicted octanol–water partition coefficient (Wildman–Crippen LogP) is 1.82. The molecule has 0 aromatic heterocycles. The van der Waals surface area contributed by atoms with Gasteiger partial charge in [0.1, 0.15) is 0 Å². The monoisotopic (exact) mass is 322 g/mol. The number of ether oxygens (including phenoxy) is 2. The number of rotatable bonds is 6. The van der Waals surface area contributed by atoms with Crippen molar-refractivity contribution in [3.8, 4) is 0 Å². The van der Waals surface area contributed by atoms with E-state index in [2.05, 4.69) is 9.47 Å². The largest absolute Gasteiger partial charge is 0.463 e. The van der Waals surface area contributed by atoms with Crippen molar-refractivity contribution < 1.29 is 46.1 Å². The highest BCUT2D eigenvalue weighted by Crippen LogP contribution is 2.44. The summed E-state index contributed by atoms with van der Waals surface area (Å²) in [7, 11) is 0. The van der Waals surface area contributed by atoms with E-state index in [4.69, 9.17) is 0 Å². The van der Waals surface area contributed by atoms with Gasteiger partial charge in [-0.25, -0.2) is 9.59 Å². The highest BCUT2D eigenvalue weighted by Gasteiger charge is 2.78. The van der Waals surface area contributed by atoms with E-state index in [1.807, 2.05) is 0 Å². The molecule has 21 heavy (non-hydrogen) atoms. The van der Waals surface area contributed by atoms with Crippen molar-refractivity contribution in [3.63, 3.8) is 0 Å². The van der Waals surface area contributed by atoms with Gasteiger partial charge in [0, 0.05) is 0 Å². The first kappa shape index (κ1) is 19.6. The van der Waals surface area contributed by atoms with Crippen molar-refractivity contribution in [2.75, 3.05) is 6.61 Å². The molecule has 0 aliphatic heterocycles. The quantitative estimate of drug-likeness (QED) is 0.459. The third kappa shape index (κ3) is 3.60. The van der Waals surface area contributed by atoms with E-state index < -0.39 is 42.3 Å². The maximum atomic E-state index is 13.4. The van der Waals surface area contributed by atoms with Gasteiger partial charge in [0.25, 0.3) is 0 Å². The Morgan fingerprint density at radius 2 is 1.57 bits per heavy atom. The summed E-state index contributed by atoms with van der Waals surface area (Å²) in [5, 5.41) is 9.47. The Morgan fingerprint density at radius 1 is 1.10 bits per heavy atom. The molecule has 0 amide bonds. The molecule has 0 radical (unpaired) electrons. The number of esters is 2. The zero-order chi connectivity index (χ0) is 17.1. The topological polar surface area (TPSA) is 72.8 Å². The molecule has 124 valence electrons. The van der Waals surface area contributed by atoms with Crippen molar-refractivity contribution in [3.05, 3.63) is 0 Å². The fourth-order valence-electron chi connectivity index (χ4n) is 1.13. The zero-order valence-electron chi connectivity index (χ0n) is 11.5. The molecular weight excluding hydrogens is 307 g/mol. The van der Waals surface area contributed by atoms with Crippen molar-refractivity contribution in [1.29, 1.82) is 0 Å². The molecular formula is C11H15F5O5. The van der Waals surface area contributed by atoms with Crippen molar-refractivity contribution in [1.82, 2.24) is 0 Å². The van der Waals surface area contributed by atoms with Crippen LogP contribution < -0.4 is 0 Å². The summed E-state index contributed by atoms with van der Waals surface area (Å²) in [5.74, 6) is -10.9. The molecule has 1 N–H and O–H groups in total. The maximum Gasteiger partial charge on any atom is 0.457 e. The minimum absolute atomic E-state index is 0.0717. The van der Waals surface area contributed by atoms with Crippen LogP contribution in [0.5, 0.6) is 0 Å². The summed E-state index contributed by atoms with van der Waals surface area (Å²) in [6.07, 6.45) is -7.37. The van der Waals surface area contributed by atoms with Crippen molar-refractivity contribution >= 4 is 11.9 Å².